The molecule has 0 amide bonds. The summed E-state index contributed by atoms with van der Waals surface area (Å²) >= 11 is 0. The molecule has 0 N–H and O–H groups in total. The van der Waals surface area contributed by atoms with Crippen LogP contribution < -0.4 is 0 Å². The zero-order valence-corrected chi connectivity index (χ0v) is 38.9. The fourth-order valence-corrected chi connectivity index (χ4v) is 11.5. The van der Waals surface area contributed by atoms with Crippen molar-refractivity contribution in [3.8, 4) is 55.9 Å². The van der Waals surface area contributed by atoms with Crippen molar-refractivity contribution in [2.24, 2.45) is 0 Å². The zero-order valence-electron chi connectivity index (χ0n) is 38.9. The van der Waals surface area contributed by atoms with Gasteiger partial charge in [-0.05, 0) is 144 Å². The van der Waals surface area contributed by atoms with E-state index in [2.05, 4.69) is 238 Å². The molecule has 334 valence electrons. The Morgan fingerprint density at radius 2 is 0.764 bits per heavy atom. The normalized spacial score (nSPS) is 11.9. The first-order valence-corrected chi connectivity index (χ1v) is 24.5. The molecule has 0 aliphatic heterocycles. The minimum atomic E-state index is 0.947. The summed E-state index contributed by atoms with van der Waals surface area (Å²) in [5.41, 5.74) is 16.6. The number of hydrogen-bond donors (Lipinski definition) is 0. The lowest BCUT2D eigenvalue weighted by Gasteiger charge is -2.21. The topological polar surface area (TPSA) is 48.5 Å². The molecule has 72 heavy (non-hydrogen) atoms. The maximum Gasteiger partial charge on any atom is 0.0788 e. The van der Waals surface area contributed by atoms with Gasteiger partial charge in [-0.15, -0.1) is 0 Å². The lowest BCUT2D eigenvalue weighted by atomic mass is 9.85. The highest BCUT2D eigenvalue weighted by atomic mass is 15.0. The first-order chi connectivity index (χ1) is 35.7. The highest BCUT2D eigenvalue weighted by Crippen LogP contribution is 2.47. The molecular weight excluding hydrogens is 875 g/mol. The average Bonchev–Trinajstić information content (AvgIpc) is 3.95. The molecule has 0 saturated carbocycles. The Labute approximate surface area is 414 Å². The van der Waals surface area contributed by atoms with Gasteiger partial charge in [0, 0.05) is 62.8 Å². The lowest BCUT2D eigenvalue weighted by Crippen LogP contribution is -2.00. The molecule has 15 aromatic rings. The van der Waals surface area contributed by atoms with Gasteiger partial charge in [-0.1, -0.05) is 146 Å². The molecular formula is C67H41N5. The summed E-state index contributed by atoms with van der Waals surface area (Å²) < 4.78 is 4.85. The van der Waals surface area contributed by atoms with Gasteiger partial charge in [0.05, 0.1) is 39.5 Å². The molecule has 0 aliphatic carbocycles. The number of pyridine rings is 3. The minimum Gasteiger partial charge on any atom is -0.309 e. The molecule has 0 bridgehead atoms. The fraction of sp³-hybridized carbons (Fsp3) is 0. The number of aromatic nitrogens is 5. The number of nitrogens with zero attached hydrogens (tertiary/aromatic N) is 5. The van der Waals surface area contributed by atoms with Crippen LogP contribution in [0, 0.1) is 0 Å². The van der Waals surface area contributed by atoms with E-state index < -0.39 is 0 Å². The first kappa shape index (κ1) is 40.2. The van der Waals surface area contributed by atoms with E-state index in [0.717, 1.165) is 88.6 Å². The Morgan fingerprint density at radius 1 is 0.264 bits per heavy atom. The van der Waals surface area contributed by atoms with Crippen molar-refractivity contribution in [1.82, 2.24) is 24.1 Å². The predicted octanol–water partition coefficient (Wildman–Crippen LogP) is 17.3. The molecule has 0 spiro atoms. The molecule has 10 aromatic carbocycles. The van der Waals surface area contributed by atoms with E-state index in [1.54, 1.807) is 0 Å². The van der Waals surface area contributed by atoms with Gasteiger partial charge in [0.25, 0.3) is 0 Å². The second-order valence-corrected chi connectivity index (χ2v) is 18.8. The summed E-state index contributed by atoms with van der Waals surface area (Å²) in [7, 11) is 0. The van der Waals surface area contributed by atoms with E-state index in [1.807, 2.05) is 30.9 Å². The number of rotatable bonds is 6. The van der Waals surface area contributed by atoms with E-state index >= 15 is 0 Å². The van der Waals surface area contributed by atoms with Gasteiger partial charge in [0.15, 0.2) is 0 Å². The third-order valence-corrected chi connectivity index (χ3v) is 14.9. The van der Waals surface area contributed by atoms with Gasteiger partial charge in [-0.2, -0.15) is 0 Å². The molecule has 5 heteroatoms. The Balaban J connectivity index is 1.06. The van der Waals surface area contributed by atoms with Crippen LogP contribution in [0.15, 0.2) is 249 Å². The van der Waals surface area contributed by atoms with Crippen LogP contribution in [0.3, 0.4) is 0 Å². The molecule has 5 heterocycles. The number of benzene rings is 10. The maximum absolute atomic E-state index is 5.57. The molecule has 5 aromatic heterocycles. The Bertz CT molecular complexity index is 4350. The molecule has 0 aliphatic rings. The summed E-state index contributed by atoms with van der Waals surface area (Å²) in [5.74, 6) is 0. The molecule has 0 radical (unpaired) electrons. The highest BCUT2D eigenvalue weighted by molar-refractivity contribution is 6.22. The van der Waals surface area contributed by atoms with Crippen LogP contribution in [0.2, 0.25) is 0 Å². The van der Waals surface area contributed by atoms with Crippen molar-refractivity contribution >= 4 is 86.8 Å². The van der Waals surface area contributed by atoms with Crippen molar-refractivity contribution in [1.29, 1.82) is 0 Å². The average molecular weight is 916 g/mol. The van der Waals surface area contributed by atoms with E-state index in [9.17, 15) is 0 Å². The lowest BCUT2D eigenvalue weighted by molar-refractivity contribution is 1.16. The van der Waals surface area contributed by atoms with Crippen LogP contribution in [0.1, 0.15) is 0 Å². The van der Waals surface area contributed by atoms with Gasteiger partial charge in [0.2, 0.25) is 0 Å². The van der Waals surface area contributed by atoms with Crippen LogP contribution in [-0.4, -0.2) is 24.1 Å². The predicted molar refractivity (Wildman–Crippen MR) is 300 cm³/mol. The van der Waals surface area contributed by atoms with Crippen LogP contribution in [0.5, 0.6) is 0 Å². The standard InChI is InChI=1S/C67H41N5/c1-3-12-49-36-63-57(34-47(49)10-1)54-15-5-7-17-61(54)71(63)52-27-28-56-59(38-52)65(45-23-19-42(20-24-45)44-29-32-68-33-30-44)66(46-25-21-43(22-26-46)51-14-9-31-69-40-51)60-39-53(41-70-67(56)60)72-62-18-8-6-16-55(62)58-35-48-11-2-4-13-50(48)37-64(58)72/h1-41H. The van der Waals surface area contributed by atoms with Crippen LogP contribution >= 0.6 is 0 Å². The summed E-state index contributed by atoms with van der Waals surface area (Å²) in [5, 5.41) is 13.0. The third-order valence-electron chi connectivity index (χ3n) is 14.9. The van der Waals surface area contributed by atoms with Crippen molar-refractivity contribution < 1.29 is 0 Å². The summed E-state index contributed by atoms with van der Waals surface area (Å²) in [4.78, 5) is 14.3. The van der Waals surface area contributed by atoms with Gasteiger partial charge in [-0.3, -0.25) is 15.0 Å². The molecule has 0 saturated heterocycles. The quantitative estimate of drug-likeness (QED) is 0.156. The second-order valence-electron chi connectivity index (χ2n) is 18.8. The molecule has 0 atom stereocenters. The SMILES string of the molecule is c1cncc(-c2ccc(-c3c(-c4ccc(-c5ccncc5)cc4)c4cc(-n5c6ccccc6c6cc7ccccc7cc65)ccc4c4ncc(-n5c6ccccc6c6cc7ccccc7cc65)cc34)cc2)c1. The maximum atomic E-state index is 5.57. The third kappa shape index (κ3) is 6.24. The Morgan fingerprint density at radius 3 is 1.36 bits per heavy atom. The van der Waals surface area contributed by atoms with Crippen molar-refractivity contribution in [2.45, 2.75) is 0 Å². The van der Waals surface area contributed by atoms with Gasteiger partial charge >= 0.3 is 0 Å². The number of para-hydroxylation sites is 2. The van der Waals surface area contributed by atoms with Crippen LogP contribution in [-0.2, 0) is 0 Å². The van der Waals surface area contributed by atoms with Crippen molar-refractivity contribution in [3.05, 3.63) is 249 Å². The monoisotopic (exact) mass is 915 g/mol. The highest BCUT2D eigenvalue weighted by Gasteiger charge is 2.23. The van der Waals surface area contributed by atoms with Crippen LogP contribution in [0.4, 0.5) is 0 Å². The number of fused-ring (bicyclic) bond motifs is 11. The molecule has 5 nitrogen and oxygen atoms in total. The summed E-state index contributed by atoms with van der Waals surface area (Å²) in [6, 6.07) is 80.0. The van der Waals surface area contributed by atoms with Gasteiger partial charge in [-0.25, -0.2) is 0 Å². The summed E-state index contributed by atoms with van der Waals surface area (Å²) in [6.45, 7) is 0. The molecule has 15 rings (SSSR count). The second kappa shape index (κ2) is 15.9. The Kier molecular flexibility index (Phi) is 8.89. The summed E-state index contributed by atoms with van der Waals surface area (Å²) in [6.07, 6.45) is 9.55. The number of hydrogen-bond acceptors (Lipinski definition) is 3. The molecule has 0 unspecified atom stereocenters. The van der Waals surface area contributed by atoms with E-state index in [1.165, 1.54) is 54.1 Å². The molecule has 0 fully saturated rings. The zero-order chi connectivity index (χ0) is 47.3. The first-order valence-electron chi connectivity index (χ1n) is 24.5. The van der Waals surface area contributed by atoms with Gasteiger partial charge in [0.1, 0.15) is 0 Å². The van der Waals surface area contributed by atoms with Crippen LogP contribution in [0.25, 0.3) is 143 Å². The van der Waals surface area contributed by atoms with E-state index in [0.29, 0.717) is 0 Å². The minimum absolute atomic E-state index is 0.947. The Hall–Kier alpha value is -9.71. The van der Waals surface area contributed by atoms with E-state index in [-0.39, 0.29) is 0 Å². The fourth-order valence-electron chi connectivity index (χ4n) is 11.5. The van der Waals surface area contributed by atoms with E-state index in [4.69, 9.17) is 4.98 Å². The smallest absolute Gasteiger partial charge is 0.0788 e. The van der Waals surface area contributed by atoms with Gasteiger partial charge < -0.3 is 9.13 Å². The van der Waals surface area contributed by atoms with Crippen molar-refractivity contribution in [2.75, 3.05) is 0 Å². The van der Waals surface area contributed by atoms with Crippen molar-refractivity contribution in [3.63, 3.8) is 0 Å². The largest absolute Gasteiger partial charge is 0.309 e.